The van der Waals surface area contributed by atoms with Crippen LogP contribution in [-0.4, -0.2) is 14.2 Å². The van der Waals surface area contributed by atoms with Gasteiger partial charge in [-0.15, -0.1) is 11.3 Å². The van der Waals surface area contributed by atoms with Crippen LogP contribution in [0.5, 0.6) is 0 Å². The van der Waals surface area contributed by atoms with Gasteiger partial charge in [-0.05, 0) is 53.8 Å². The van der Waals surface area contributed by atoms with E-state index in [9.17, 15) is 22.0 Å². The molecule has 30 heavy (non-hydrogen) atoms. The first-order chi connectivity index (χ1) is 14.3. The van der Waals surface area contributed by atoms with Crippen LogP contribution in [0.4, 0.5) is 20.2 Å². The second-order valence-corrected chi connectivity index (χ2v) is 9.47. The van der Waals surface area contributed by atoms with Crippen molar-refractivity contribution >= 4 is 38.5 Å². The number of nitrogens with one attached hydrogen (secondary N) is 1. The molecule has 1 N–H and O–H groups in total. The molecule has 3 aromatic rings. The standard InChI is InChI=1S/C21H16F2N2O3S2/c1-13-2-7-16(10-17(13)23)24-11-19-20(26)21-18(8-9-29-21)25(30(19,27)28)12-14-3-5-15(22)6-4-14/h2-11,24H,12H2,1H3/b19-11-. The number of hydrogen-bond acceptors (Lipinski definition) is 5. The summed E-state index contributed by atoms with van der Waals surface area (Å²) in [5.41, 5.74) is 1.62. The lowest BCUT2D eigenvalue weighted by Crippen LogP contribution is -2.38. The molecule has 0 saturated carbocycles. The molecular formula is C21H16F2N2O3S2. The van der Waals surface area contributed by atoms with Crippen molar-refractivity contribution in [1.82, 2.24) is 0 Å². The molecular weight excluding hydrogens is 430 g/mol. The molecule has 1 aliphatic heterocycles. The molecule has 154 valence electrons. The SMILES string of the molecule is Cc1ccc(N/C=C2/C(=O)c3sccc3N(Cc3ccc(F)cc3)S2(=O)=O)cc1F. The minimum Gasteiger partial charge on any atom is -0.360 e. The summed E-state index contributed by atoms with van der Waals surface area (Å²) in [5, 5.41) is 4.35. The van der Waals surface area contributed by atoms with Gasteiger partial charge in [0.05, 0.1) is 12.2 Å². The summed E-state index contributed by atoms with van der Waals surface area (Å²) in [6, 6.07) is 11.4. The molecule has 0 radical (unpaired) electrons. The molecule has 0 aliphatic carbocycles. The molecule has 2 aromatic carbocycles. The number of Topliss-reactive ketones (excluding diaryl/α,β-unsaturated/α-hetero) is 1. The molecule has 0 spiro atoms. The third-order valence-corrected chi connectivity index (χ3v) is 7.36. The Morgan fingerprint density at radius 3 is 2.53 bits per heavy atom. The van der Waals surface area contributed by atoms with Gasteiger partial charge in [0.1, 0.15) is 16.5 Å². The molecule has 2 heterocycles. The van der Waals surface area contributed by atoms with Gasteiger partial charge < -0.3 is 5.32 Å². The number of fused-ring (bicyclic) bond motifs is 1. The van der Waals surface area contributed by atoms with E-state index in [1.807, 2.05) is 0 Å². The van der Waals surface area contributed by atoms with Gasteiger partial charge in [-0.1, -0.05) is 18.2 Å². The molecule has 0 saturated heterocycles. The maximum Gasteiger partial charge on any atom is 0.270 e. The minimum absolute atomic E-state index is 0.0594. The first-order valence-corrected chi connectivity index (χ1v) is 11.2. The van der Waals surface area contributed by atoms with Crippen molar-refractivity contribution in [2.24, 2.45) is 0 Å². The summed E-state index contributed by atoms with van der Waals surface area (Å²) in [6.07, 6.45) is 1.09. The van der Waals surface area contributed by atoms with Crippen molar-refractivity contribution in [3.05, 3.63) is 92.7 Å². The monoisotopic (exact) mass is 446 g/mol. The molecule has 1 aliphatic rings. The van der Waals surface area contributed by atoms with Crippen LogP contribution in [0.3, 0.4) is 0 Å². The fourth-order valence-corrected chi connectivity index (χ4v) is 5.53. The van der Waals surface area contributed by atoms with Gasteiger partial charge in [-0.3, -0.25) is 9.10 Å². The second kappa shape index (κ2) is 7.66. The Morgan fingerprint density at radius 2 is 1.83 bits per heavy atom. The van der Waals surface area contributed by atoms with Crippen LogP contribution in [0.25, 0.3) is 0 Å². The fourth-order valence-electron chi connectivity index (χ4n) is 3.04. The maximum absolute atomic E-state index is 13.8. The Balaban J connectivity index is 1.73. The van der Waals surface area contributed by atoms with E-state index in [0.717, 1.165) is 21.8 Å². The zero-order valence-corrected chi connectivity index (χ0v) is 17.4. The molecule has 0 amide bonds. The molecule has 1 aromatic heterocycles. The van der Waals surface area contributed by atoms with Crippen LogP contribution in [0.15, 0.2) is 65.0 Å². The van der Waals surface area contributed by atoms with Crippen molar-refractivity contribution in [3.8, 4) is 0 Å². The number of carbonyl (C=O) groups excluding carboxylic acids is 1. The van der Waals surface area contributed by atoms with Gasteiger partial charge in [0, 0.05) is 11.9 Å². The highest BCUT2D eigenvalue weighted by Gasteiger charge is 2.41. The van der Waals surface area contributed by atoms with E-state index in [2.05, 4.69) is 5.32 Å². The predicted molar refractivity (Wildman–Crippen MR) is 113 cm³/mol. The number of carbonyl (C=O) groups is 1. The van der Waals surface area contributed by atoms with Gasteiger partial charge >= 0.3 is 0 Å². The van der Waals surface area contributed by atoms with Crippen molar-refractivity contribution in [1.29, 1.82) is 0 Å². The molecule has 4 rings (SSSR count). The lowest BCUT2D eigenvalue weighted by Gasteiger charge is -2.29. The highest BCUT2D eigenvalue weighted by molar-refractivity contribution is 7.97. The summed E-state index contributed by atoms with van der Waals surface area (Å²) < 4.78 is 54.6. The second-order valence-electron chi connectivity index (χ2n) is 6.72. The fraction of sp³-hybridized carbons (Fsp3) is 0.0952. The van der Waals surface area contributed by atoms with Crippen molar-refractivity contribution in [2.45, 2.75) is 13.5 Å². The van der Waals surface area contributed by atoms with E-state index < -0.39 is 32.3 Å². The number of allylic oxidation sites excluding steroid dienone is 1. The van der Waals surface area contributed by atoms with E-state index in [-0.39, 0.29) is 17.1 Å². The number of rotatable bonds is 4. The van der Waals surface area contributed by atoms with E-state index in [4.69, 9.17) is 0 Å². The normalized spacial score (nSPS) is 16.6. The molecule has 5 nitrogen and oxygen atoms in total. The summed E-state index contributed by atoms with van der Waals surface area (Å²) in [6.45, 7) is 1.55. The zero-order valence-electron chi connectivity index (χ0n) is 15.7. The Kier molecular flexibility index (Phi) is 5.17. The summed E-state index contributed by atoms with van der Waals surface area (Å²) in [5.74, 6) is -1.51. The number of aryl methyl sites for hydroxylation is 1. The Labute approximate surface area is 176 Å². The number of anilines is 2. The third kappa shape index (κ3) is 3.61. The Morgan fingerprint density at radius 1 is 1.10 bits per heavy atom. The maximum atomic E-state index is 13.8. The van der Waals surface area contributed by atoms with Crippen LogP contribution in [0.1, 0.15) is 20.8 Å². The van der Waals surface area contributed by atoms with E-state index in [1.165, 1.54) is 30.3 Å². The highest BCUT2D eigenvalue weighted by Crippen LogP contribution is 2.39. The molecule has 0 fully saturated rings. The van der Waals surface area contributed by atoms with Gasteiger partial charge in [0.25, 0.3) is 10.0 Å². The number of hydrogen-bond donors (Lipinski definition) is 1. The molecule has 0 atom stereocenters. The largest absolute Gasteiger partial charge is 0.360 e. The smallest absolute Gasteiger partial charge is 0.270 e. The van der Waals surface area contributed by atoms with E-state index in [1.54, 1.807) is 30.5 Å². The van der Waals surface area contributed by atoms with Gasteiger partial charge in [0.15, 0.2) is 4.91 Å². The average Bonchev–Trinajstić information content (AvgIpc) is 3.19. The lowest BCUT2D eigenvalue weighted by atomic mass is 10.2. The molecule has 9 heteroatoms. The minimum atomic E-state index is -4.19. The number of halogens is 2. The highest BCUT2D eigenvalue weighted by atomic mass is 32.2. The number of nitrogens with zero attached hydrogens (tertiary/aromatic N) is 1. The third-order valence-electron chi connectivity index (χ3n) is 4.69. The molecule has 0 bridgehead atoms. The van der Waals surface area contributed by atoms with Gasteiger partial charge in [0.2, 0.25) is 5.78 Å². The van der Waals surface area contributed by atoms with Crippen LogP contribution in [0.2, 0.25) is 0 Å². The number of thiophene rings is 1. The first-order valence-electron chi connectivity index (χ1n) is 8.89. The van der Waals surface area contributed by atoms with Crippen molar-refractivity contribution in [2.75, 3.05) is 9.62 Å². The van der Waals surface area contributed by atoms with Gasteiger partial charge in [-0.2, -0.15) is 0 Å². The van der Waals surface area contributed by atoms with E-state index in [0.29, 0.717) is 16.8 Å². The zero-order chi connectivity index (χ0) is 21.5. The summed E-state index contributed by atoms with van der Waals surface area (Å²) in [4.78, 5) is 12.7. The van der Waals surface area contributed by atoms with Crippen LogP contribution < -0.4 is 9.62 Å². The number of benzene rings is 2. The molecule has 0 unspecified atom stereocenters. The Bertz CT molecular complexity index is 1270. The van der Waals surface area contributed by atoms with Crippen LogP contribution in [0, 0.1) is 18.6 Å². The van der Waals surface area contributed by atoms with Crippen molar-refractivity contribution < 1.29 is 22.0 Å². The quantitative estimate of drug-likeness (QED) is 0.584. The van der Waals surface area contributed by atoms with Crippen LogP contribution >= 0.6 is 11.3 Å². The Hall–Kier alpha value is -3.04. The van der Waals surface area contributed by atoms with Gasteiger partial charge in [-0.25, -0.2) is 17.2 Å². The number of sulfonamides is 1. The van der Waals surface area contributed by atoms with Crippen molar-refractivity contribution in [3.63, 3.8) is 0 Å². The first kappa shape index (κ1) is 20.2. The number of ketones is 1. The summed E-state index contributed by atoms with van der Waals surface area (Å²) in [7, 11) is -4.19. The topological polar surface area (TPSA) is 66.5 Å². The predicted octanol–water partition coefficient (Wildman–Crippen LogP) is 4.82. The van der Waals surface area contributed by atoms with Crippen LogP contribution in [-0.2, 0) is 16.6 Å². The average molecular weight is 447 g/mol. The lowest BCUT2D eigenvalue weighted by molar-refractivity contribution is 0.104. The van der Waals surface area contributed by atoms with E-state index >= 15 is 0 Å². The summed E-state index contributed by atoms with van der Waals surface area (Å²) >= 11 is 1.14.